The topological polar surface area (TPSA) is 69.9 Å². The molecular formula is C9H11BrN4O. The minimum Gasteiger partial charge on any atom is -0.453 e. The molecule has 5 nitrogen and oxygen atoms in total. The van der Waals surface area contributed by atoms with Crippen molar-refractivity contribution in [3.63, 3.8) is 0 Å². The Kier molecular flexibility index (Phi) is 2.88. The predicted molar refractivity (Wildman–Crippen MR) is 58.0 cm³/mol. The van der Waals surface area contributed by atoms with E-state index in [1.807, 2.05) is 25.4 Å². The van der Waals surface area contributed by atoms with Crippen LogP contribution < -0.4 is 5.73 Å². The first-order valence-electron chi connectivity index (χ1n) is 4.51. The quantitative estimate of drug-likeness (QED) is 0.916. The van der Waals surface area contributed by atoms with E-state index >= 15 is 0 Å². The van der Waals surface area contributed by atoms with E-state index in [9.17, 15) is 0 Å². The second-order valence-electron chi connectivity index (χ2n) is 3.34. The number of furan rings is 1. The highest BCUT2D eigenvalue weighted by molar-refractivity contribution is 9.10. The SMILES string of the molecule is Cn1cc(CC(N)c2ccc(Br)o2)nn1. The van der Waals surface area contributed by atoms with Gasteiger partial charge in [0.15, 0.2) is 4.67 Å². The van der Waals surface area contributed by atoms with Crippen LogP contribution in [-0.4, -0.2) is 15.0 Å². The molecule has 80 valence electrons. The van der Waals surface area contributed by atoms with Crippen LogP contribution >= 0.6 is 15.9 Å². The van der Waals surface area contributed by atoms with Gasteiger partial charge in [0, 0.05) is 19.7 Å². The highest BCUT2D eigenvalue weighted by Gasteiger charge is 2.12. The summed E-state index contributed by atoms with van der Waals surface area (Å²) in [6, 6.07) is 3.49. The second-order valence-corrected chi connectivity index (χ2v) is 4.12. The van der Waals surface area contributed by atoms with E-state index < -0.39 is 0 Å². The summed E-state index contributed by atoms with van der Waals surface area (Å²) in [4.78, 5) is 0. The van der Waals surface area contributed by atoms with Crippen LogP contribution in [0.5, 0.6) is 0 Å². The van der Waals surface area contributed by atoms with Crippen LogP contribution in [0, 0.1) is 0 Å². The summed E-state index contributed by atoms with van der Waals surface area (Å²) in [7, 11) is 1.82. The first-order chi connectivity index (χ1) is 7.15. The molecule has 0 amide bonds. The molecule has 0 aliphatic heterocycles. The third-order valence-electron chi connectivity index (χ3n) is 2.04. The fourth-order valence-electron chi connectivity index (χ4n) is 1.34. The molecule has 6 heteroatoms. The molecular weight excluding hydrogens is 260 g/mol. The first-order valence-corrected chi connectivity index (χ1v) is 5.30. The van der Waals surface area contributed by atoms with Crippen molar-refractivity contribution < 1.29 is 4.42 Å². The lowest BCUT2D eigenvalue weighted by Crippen LogP contribution is -2.12. The van der Waals surface area contributed by atoms with Crippen molar-refractivity contribution in [2.45, 2.75) is 12.5 Å². The lowest BCUT2D eigenvalue weighted by Gasteiger charge is -2.04. The molecule has 0 saturated heterocycles. The van der Waals surface area contributed by atoms with Gasteiger partial charge in [-0.1, -0.05) is 5.21 Å². The number of aryl methyl sites for hydroxylation is 1. The lowest BCUT2D eigenvalue weighted by molar-refractivity contribution is 0.446. The van der Waals surface area contributed by atoms with E-state index in [2.05, 4.69) is 26.2 Å². The van der Waals surface area contributed by atoms with Crippen LogP contribution in [-0.2, 0) is 13.5 Å². The summed E-state index contributed by atoms with van der Waals surface area (Å²) in [5.41, 5.74) is 6.82. The normalized spacial score (nSPS) is 13.0. The summed E-state index contributed by atoms with van der Waals surface area (Å²) in [5.74, 6) is 0.743. The fourth-order valence-corrected chi connectivity index (χ4v) is 1.66. The van der Waals surface area contributed by atoms with Gasteiger partial charge in [-0.15, -0.1) is 5.10 Å². The smallest absolute Gasteiger partial charge is 0.169 e. The zero-order chi connectivity index (χ0) is 10.8. The largest absolute Gasteiger partial charge is 0.453 e. The molecule has 0 fully saturated rings. The Morgan fingerprint density at radius 2 is 2.40 bits per heavy atom. The van der Waals surface area contributed by atoms with Gasteiger partial charge < -0.3 is 10.2 Å². The monoisotopic (exact) mass is 270 g/mol. The zero-order valence-electron chi connectivity index (χ0n) is 8.22. The van der Waals surface area contributed by atoms with Gasteiger partial charge >= 0.3 is 0 Å². The van der Waals surface area contributed by atoms with Gasteiger partial charge in [-0.25, -0.2) is 0 Å². The van der Waals surface area contributed by atoms with Crippen molar-refractivity contribution in [1.29, 1.82) is 0 Å². The van der Waals surface area contributed by atoms with E-state index in [0.717, 1.165) is 11.5 Å². The standard InChI is InChI=1S/C9H11BrN4O/c1-14-5-6(12-13-14)4-7(11)8-2-3-9(10)15-8/h2-3,5,7H,4,11H2,1H3. The van der Waals surface area contributed by atoms with Crippen LogP contribution in [0.3, 0.4) is 0 Å². The van der Waals surface area contributed by atoms with Crippen molar-refractivity contribution in [3.05, 3.63) is 34.5 Å². The Morgan fingerprint density at radius 1 is 1.60 bits per heavy atom. The average Bonchev–Trinajstić information content (AvgIpc) is 2.75. The van der Waals surface area contributed by atoms with Crippen molar-refractivity contribution >= 4 is 15.9 Å². The number of hydrogen-bond donors (Lipinski definition) is 1. The predicted octanol–water partition coefficient (Wildman–Crippen LogP) is 1.41. The Balaban J connectivity index is 2.06. The third kappa shape index (κ3) is 2.45. The lowest BCUT2D eigenvalue weighted by atomic mass is 10.1. The van der Waals surface area contributed by atoms with Crippen LogP contribution in [0.4, 0.5) is 0 Å². The van der Waals surface area contributed by atoms with Gasteiger partial charge in [0.25, 0.3) is 0 Å². The van der Waals surface area contributed by atoms with Crippen LogP contribution in [0.2, 0.25) is 0 Å². The van der Waals surface area contributed by atoms with Gasteiger partial charge in [0.1, 0.15) is 5.76 Å². The fraction of sp³-hybridized carbons (Fsp3) is 0.333. The average molecular weight is 271 g/mol. The van der Waals surface area contributed by atoms with Crippen LogP contribution in [0.25, 0.3) is 0 Å². The molecule has 2 heterocycles. The van der Waals surface area contributed by atoms with E-state index in [1.165, 1.54) is 0 Å². The van der Waals surface area contributed by atoms with Gasteiger partial charge in [-0.2, -0.15) is 0 Å². The minimum atomic E-state index is -0.187. The van der Waals surface area contributed by atoms with Crippen molar-refractivity contribution in [1.82, 2.24) is 15.0 Å². The van der Waals surface area contributed by atoms with E-state index in [-0.39, 0.29) is 6.04 Å². The van der Waals surface area contributed by atoms with Crippen LogP contribution in [0.1, 0.15) is 17.5 Å². The van der Waals surface area contributed by atoms with E-state index in [1.54, 1.807) is 4.68 Å². The maximum Gasteiger partial charge on any atom is 0.169 e. The van der Waals surface area contributed by atoms with Crippen molar-refractivity contribution in [3.8, 4) is 0 Å². The van der Waals surface area contributed by atoms with Gasteiger partial charge in [0.2, 0.25) is 0 Å². The Labute approximate surface area is 95.4 Å². The Morgan fingerprint density at radius 3 is 2.93 bits per heavy atom. The zero-order valence-corrected chi connectivity index (χ0v) is 9.81. The molecule has 0 aromatic carbocycles. The number of nitrogens with zero attached hydrogens (tertiary/aromatic N) is 3. The number of rotatable bonds is 3. The molecule has 0 saturated carbocycles. The summed E-state index contributed by atoms with van der Waals surface area (Å²) < 4.78 is 7.70. The molecule has 0 aliphatic carbocycles. The molecule has 0 radical (unpaired) electrons. The van der Waals surface area contributed by atoms with Crippen molar-refractivity contribution in [2.24, 2.45) is 12.8 Å². The van der Waals surface area contributed by atoms with E-state index in [4.69, 9.17) is 10.2 Å². The molecule has 0 spiro atoms. The number of hydrogen-bond acceptors (Lipinski definition) is 4. The number of nitrogens with two attached hydrogens (primary N) is 1. The maximum atomic E-state index is 5.96. The minimum absolute atomic E-state index is 0.187. The van der Waals surface area contributed by atoms with Gasteiger partial charge in [-0.3, -0.25) is 4.68 Å². The first kappa shape index (κ1) is 10.4. The second kappa shape index (κ2) is 4.16. The van der Waals surface area contributed by atoms with Crippen LogP contribution in [0.15, 0.2) is 27.4 Å². The molecule has 15 heavy (non-hydrogen) atoms. The van der Waals surface area contributed by atoms with Crippen molar-refractivity contribution in [2.75, 3.05) is 0 Å². The summed E-state index contributed by atoms with van der Waals surface area (Å²) >= 11 is 3.24. The summed E-state index contributed by atoms with van der Waals surface area (Å²) in [6.07, 6.45) is 2.46. The highest BCUT2D eigenvalue weighted by Crippen LogP contribution is 2.20. The van der Waals surface area contributed by atoms with Gasteiger partial charge in [0.05, 0.1) is 11.7 Å². The highest BCUT2D eigenvalue weighted by atomic mass is 79.9. The molecule has 0 aliphatic rings. The molecule has 0 bridgehead atoms. The number of halogens is 1. The summed E-state index contributed by atoms with van der Waals surface area (Å²) in [6.45, 7) is 0. The number of aromatic nitrogens is 3. The Hall–Kier alpha value is -1.14. The third-order valence-corrected chi connectivity index (χ3v) is 2.46. The maximum absolute atomic E-state index is 5.96. The molecule has 2 rings (SSSR count). The molecule has 2 N–H and O–H groups in total. The Bertz CT molecular complexity index is 450. The molecule has 2 aromatic rings. The molecule has 2 aromatic heterocycles. The summed E-state index contributed by atoms with van der Waals surface area (Å²) in [5, 5.41) is 7.81. The molecule has 1 unspecified atom stereocenters. The van der Waals surface area contributed by atoms with Gasteiger partial charge in [-0.05, 0) is 28.1 Å². The van der Waals surface area contributed by atoms with E-state index in [0.29, 0.717) is 11.1 Å². The molecule has 1 atom stereocenters.